The molecular weight excluding hydrogens is 354 g/mol. The molecule has 2 aromatic carbocycles. The van der Waals surface area contributed by atoms with Gasteiger partial charge in [-0.05, 0) is 69.2 Å². The Morgan fingerprint density at radius 3 is 2.36 bits per heavy atom. The smallest absolute Gasteiger partial charge is 0.248 e. The monoisotopic (exact) mass is 377 g/mol. The van der Waals surface area contributed by atoms with Gasteiger partial charge in [0.05, 0.1) is 7.11 Å². The summed E-state index contributed by atoms with van der Waals surface area (Å²) in [6, 6.07) is 10.6. The highest BCUT2D eigenvalue weighted by molar-refractivity contribution is 6.05. The van der Waals surface area contributed by atoms with Crippen molar-refractivity contribution in [1.29, 1.82) is 0 Å². The molecule has 5 nitrogen and oxygen atoms in total. The molecule has 1 aromatic heterocycles. The number of carbonyl (C=O) groups excluding carboxylic acids is 2. The molecule has 0 fully saturated rings. The number of carbonyl (C=O) groups is 2. The lowest BCUT2D eigenvalue weighted by Gasteiger charge is -2.10. The summed E-state index contributed by atoms with van der Waals surface area (Å²) in [7, 11) is 1.59. The highest BCUT2D eigenvalue weighted by Gasteiger charge is 2.14. The zero-order valence-corrected chi connectivity index (χ0v) is 16.7. The average Bonchev–Trinajstić information content (AvgIpc) is 2.94. The van der Waals surface area contributed by atoms with Gasteiger partial charge in [-0.3, -0.25) is 9.59 Å². The quantitative estimate of drug-likeness (QED) is 0.484. The zero-order chi connectivity index (χ0) is 20.4. The van der Waals surface area contributed by atoms with E-state index in [0.717, 1.165) is 33.4 Å². The number of rotatable bonds is 5. The van der Waals surface area contributed by atoms with E-state index in [4.69, 9.17) is 9.15 Å². The summed E-state index contributed by atoms with van der Waals surface area (Å²) >= 11 is 0. The number of ether oxygens (including phenoxy) is 1. The van der Waals surface area contributed by atoms with Gasteiger partial charge in [-0.1, -0.05) is 0 Å². The van der Waals surface area contributed by atoms with Crippen molar-refractivity contribution in [1.82, 2.24) is 0 Å². The predicted octanol–water partition coefficient (Wildman–Crippen LogP) is 5.30. The predicted molar refractivity (Wildman–Crippen MR) is 111 cm³/mol. The number of allylic oxidation sites excluding steroid dienone is 1. The molecule has 0 saturated heterocycles. The summed E-state index contributed by atoms with van der Waals surface area (Å²) in [6.07, 6.45) is 1.53. The number of benzene rings is 2. The van der Waals surface area contributed by atoms with Crippen LogP contribution in [0.25, 0.3) is 16.5 Å². The van der Waals surface area contributed by atoms with Crippen LogP contribution < -0.4 is 10.1 Å². The van der Waals surface area contributed by atoms with Crippen LogP contribution in [-0.4, -0.2) is 18.8 Å². The van der Waals surface area contributed by atoms with Crippen molar-refractivity contribution < 1.29 is 18.7 Å². The summed E-state index contributed by atoms with van der Waals surface area (Å²) in [5.74, 6) is 1.24. The SMILES string of the molecule is COc1cc2oc(C)c(C)c2cc1/C(C)=C/C(=O)Nc1ccc(C(C)=O)cc1. The maximum absolute atomic E-state index is 12.4. The van der Waals surface area contributed by atoms with Crippen LogP contribution in [0.15, 0.2) is 46.9 Å². The lowest BCUT2D eigenvalue weighted by atomic mass is 10.0. The lowest BCUT2D eigenvalue weighted by Crippen LogP contribution is -2.09. The molecule has 1 heterocycles. The molecule has 3 rings (SSSR count). The van der Waals surface area contributed by atoms with E-state index >= 15 is 0 Å². The molecule has 3 aromatic rings. The number of hydrogen-bond donors (Lipinski definition) is 1. The van der Waals surface area contributed by atoms with E-state index in [9.17, 15) is 9.59 Å². The van der Waals surface area contributed by atoms with Gasteiger partial charge in [0, 0.05) is 34.3 Å². The highest BCUT2D eigenvalue weighted by atomic mass is 16.5. The number of nitrogens with one attached hydrogen (secondary N) is 1. The van der Waals surface area contributed by atoms with Crippen molar-refractivity contribution in [3.05, 3.63) is 64.9 Å². The largest absolute Gasteiger partial charge is 0.496 e. The minimum absolute atomic E-state index is 0.0131. The van der Waals surface area contributed by atoms with Crippen molar-refractivity contribution in [2.45, 2.75) is 27.7 Å². The molecule has 0 atom stereocenters. The minimum Gasteiger partial charge on any atom is -0.496 e. The number of amides is 1. The molecule has 1 amide bonds. The van der Waals surface area contributed by atoms with Crippen LogP contribution in [0.3, 0.4) is 0 Å². The average molecular weight is 377 g/mol. The van der Waals surface area contributed by atoms with Crippen LogP contribution in [0.4, 0.5) is 5.69 Å². The highest BCUT2D eigenvalue weighted by Crippen LogP contribution is 2.34. The van der Waals surface area contributed by atoms with Crippen molar-refractivity contribution in [3.63, 3.8) is 0 Å². The fourth-order valence-corrected chi connectivity index (χ4v) is 3.09. The number of hydrogen-bond acceptors (Lipinski definition) is 4. The molecule has 5 heteroatoms. The van der Waals surface area contributed by atoms with Gasteiger partial charge >= 0.3 is 0 Å². The number of fused-ring (bicyclic) bond motifs is 1. The van der Waals surface area contributed by atoms with Gasteiger partial charge in [-0.25, -0.2) is 0 Å². The molecule has 0 radical (unpaired) electrons. The van der Waals surface area contributed by atoms with Gasteiger partial charge < -0.3 is 14.5 Å². The van der Waals surface area contributed by atoms with Gasteiger partial charge in [0.1, 0.15) is 17.1 Å². The molecule has 0 spiro atoms. The van der Waals surface area contributed by atoms with E-state index in [1.54, 1.807) is 31.4 Å². The van der Waals surface area contributed by atoms with Gasteiger partial charge in [-0.2, -0.15) is 0 Å². The maximum Gasteiger partial charge on any atom is 0.248 e. The Labute approximate surface area is 164 Å². The normalized spacial score (nSPS) is 11.5. The Bertz CT molecular complexity index is 1090. The molecule has 0 aliphatic rings. The number of methoxy groups -OCH3 is 1. The third kappa shape index (κ3) is 3.83. The number of Topliss-reactive ketones (excluding diaryl/α,β-unsaturated/α-hetero) is 1. The summed E-state index contributed by atoms with van der Waals surface area (Å²) in [4.78, 5) is 23.8. The van der Waals surface area contributed by atoms with E-state index in [-0.39, 0.29) is 11.7 Å². The zero-order valence-electron chi connectivity index (χ0n) is 16.7. The topological polar surface area (TPSA) is 68.5 Å². The van der Waals surface area contributed by atoms with Gasteiger partial charge in [0.15, 0.2) is 5.78 Å². The molecular formula is C23H23NO4. The molecule has 0 bridgehead atoms. The third-order valence-electron chi connectivity index (χ3n) is 4.83. The Hall–Kier alpha value is -3.34. The fourth-order valence-electron chi connectivity index (χ4n) is 3.09. The van der Waals surface area contributed by atoms with Crippen molar-refractivity contribution >= 4 is 33.9 Å². The van der Waals surface area contributed by atoms with Crippen molar-refractivity contribution in [3.8, 4) is 5.75 Å². The van der Waals surface area contributed by atoms with Gasteiger partial charge in [-0.15, -0.1) is 0 Å². The minimum atomic E-state index is -0.254. The third-order valence-corrected chi connectivity index (χ3v) is 4.83. The van der Waals surface area contributed by atoms with E-state index in [0.29, 0.717) is 17.0 Å². The molecule has 0 aliphatic carbocycles. The van der Waals surface area contributed by atoms with E-state index in [1.807, 2.05) is 32.9 Å². The van der Waals surface area contributed by atoms with Crippen LogP contribution in [0.1, 0.15) is 41.1 Å². The van der Waals surface area contributed by atoms with Crippen molar-refractivity contribution in [2.24, 2.45) is 0 Å². The van der Waals surface area contributed by atoms with E-state index in [1.165, 1.54) is 13.0 Å². The first-order chi connectivity index (χ1) is 13.3. The second-order valence-corrected chi connectivity index (χ2v) is 6.78. The molecule has 0 aliphatic heterocycles. The van der Waals surface area contributed by atoms with Crippen LogP contribution >= 0.6 is 0 Å². The summed E-state index contributed by atoms with van der Waals surface area (Å²) in [6.45, 7) is 7.31. The Kier molecular flexibility index (Phi) is 5.36. The maximum atomic E-state index is 12.4. The fraction of sp³-hybridized carbons (Fsp3) is 0.217. The Balaban J connectivity index is 1.88. The van der Waals surface area contributed by atoms with Crippen LogP contribution in [0, 0.1) is 13.8 Å². The second-order valence-electron chi connectivity index (χ2n) is 6.78. The molecule has 0 saturated carbocycles. The number of ketones is 1. The summed E-state index contributed by atoms with van der Waals surface area (Å²) in [5.41, 5.74) is 4.67. The molecule has 144 valence electrons. The number of furan rings is 1. The Morgan fingerprint density at radius 1 is 1.07 bits per heavy atom. The summed E-state index contributed by atoms with van der Waals surface area (Å²) < 4.78 is 11.3. The van der Waals surface area contributed by atoms with Crippen molar-refractivity contribution in [2.75, 3.05) is 12.4 Å². The number of aryl methyl sites for hydroxylation is 2. The molecule has 0 unspecified atom stereocenters. The first kappa shape index (κ1) is 19.4. The van der Waals surface area contributed by atoms with Gasteiger partial charge in [0.25, 0.3) is 0 Å². The standard InChI is InChI=1S/C23H23NO4/c1-13(10-23(26)24-18-8-6-17(7-9-18)15(3)25)19-11-20-14(2)16(4)28-22(20)12-21(19)27-5/h6-12H,1-5H3,(H,24,26)/b13-10+. The molecule has 28 heavy (non-hydrogen) atoms. The van der Waals surface area contributed by atoms with E-state index in [2.05, 4.69) is 5.32 Å². The van der Waals surface area contributed by atoms with Crippen LogP contribution in [0.2, 0.25) is 0 Å². The number of anilines is 1. The first-order valence-corrected chi connectivity index (χ1v) is 8.98. The lowest BCUT2D eigenvalue weighted by molar-refractivity contribution is -0.111. The first-order valence-electron chi connectivity index (χ1n) is 8.98. The Morgan fingerprint density at radius 2 is 1.75 bits per heavy atom. The van der Waals surface area contributed by atoms with Crippen LogP contribution in [-0.2, 0) is 4.79 Å². The summed E-state index contributed by atoms with van der Waals surface area (Å²) in [5, 5.41) is 3.81. The van der Waals surface area contributed by atoms with Crippen LogP contribution in [0.5, 0.6) is 5.75 Å². The molecule has 1 N–H and O–H groups in total. The second kappa shape index (κ2) is 7.72. The van der Waals surface area contributed by atoms with E-state index < -0.39 is 0 Å². The van der Waals surface area contributed by atoms with Gasteiger partial charge in [0.2, 0.25) is 5.91 Å².